The third-order valence-electron chi connectivity index (χ3n) is 6.73. The number of hydrogen-bond donors (Lipinski definition) is 2. The molecule has 0 aromatic heterocycles. The van der Waals surface area contributed by atoms with Gasteiger partial charge >= 0.3 is 0 Å². The highest BCUT2D eigenvalue weighted by atomic mass is 79.9. The lowest BCUT2D eigenvalue weighted by Crippen LogP contribution is -2.32. The van der Waals surface area contributed by atoms with Crippen LogP contribution < -0.4 is 15.0 Å². The van der Waals surface area contributed by atoms with Gasteiger partial charge in [0.15, 0.2) is 6.73 Å². The predicted octanol–water partition coefficient (Wildman–Crippen LogP) is 8.52. The first-order valence-corrected chi connectivity index (χ1v) is 13.2. The number of phenols is 1. The van der Waals surface area contributed by atoms with E-state index in [4.69, 9.17) is 16.3 Å². The number of para-hydroxylation sites is 1. The van der Waals surface area contributed by atoms with Crippen LogP contribution in [0.5, 0.6) is 11.5 Å². The molecule has 0 aliphatic carbocycles. The summed E-state index contributed by atoms with van der Waals surface area (Å²) < 4.78 is 7.05. The molecule has 6 rings (SSSR count). The zero-order valence-electron chi connectivity index (χ0n) is 19.9. The van der Waals surface area contributed by atoms with Crippen LogP contribution in [0.3, 0.4) is 0 Å². The number of anilines is 2. The fraction of sp³-hybridized carbons (Fsp3) is 0.0968. The standard InChI is InChI=1S/C31H24BrClN2O2/c32-27-7-3-4-8-28(27)34-31(26-16-20-5-1-2-6-21(20)17-29(26)36)22-9-14-30-23(15-22)18-35(19-37-30)25-12-10-24(33)11-13-25/h1-17,31,34,36H,18-19H2. The van der Waals surface area contributed by atoms with Gasteiger partial charge in [0.1, 0.15) is 11.5 Å². The molecule has 184 valence electrons. The van der Waals surface area contributed by atoms with Gasteiger partial charge in [0, 0.05) is 38.5 Å². The zero-order chi connectivity index (χ0) is 25.4. The molecule has 1 unspecified atom stereocenters. The second kappa shape index (κ2) is 10.0. The Bertz CT molecular complexity index is 1590. The second-order valence-corrected chi connectivity index (χ2v) is 10.4. The maximum atomic E-state index is 11.1. The fourth-order valence-electron chi connectivity index (χ4n) is 4.81. The van der Waals surface area contributed by atoms with Crippen LogP contribution in [0.1, 0.15) is 22.7 Å². The Morgan fingerprint density at radius 2 is 1.59 bits per heavy atom. The molecular weight excluding hydrogens is 548 g/mol. The van der Waals surface area contributed by atoms with Crippen molar-refractivity contribution in [2.75, 3.05) is 16.9 Å². The topological polar surface area (TPSA) is 44.7 Å². The molecule has 1 heterocycles. The Balaban J connectivity index is 1.42. The summed E-state index contributed by atoms with van der Waals surface area (Å²) in [6.07, 6.45) is 0. The summed E-state index contributed by atoms with van der Waals surface area (Å²) >= 11 is 9.76. The maximum Gasteiger partial charge on any atom is 0.161 e. The highest BCUT2D eigenvalue weighted by Crippen LogP contribution is 2.39. The van der Waals surface area contributed by atoms with E-state index in [-0.39, 0.29) is 11.8 Å². The molecule has 4 nitrogen and oxygen atoms in total. The van der Waals surface area contributed by atoms with E-state index in [0.29, 0.717) is 18.3 Å². The summed E-state index contributed by atoms with van der Waals surface area (Å²) in [6, 6.07) is 33.7. The lowest BCUT2D eigenvalue weighted by Gasteiger charge is -2.32. The van der Waals surface area contributed by atoms with Crippen molar-refractivity contribution < 1.29 is 9.84 Å². The number of hydrogen-bond acceptors (Lipinski definition) is 4. The first-order valence-electron chi connectivity index (χ1n) is 12.0. The van der Waals surface area contributed by atoms with E-state index >= 15 is 0 Å². The number of aromatic hydroxyl groups is 1. The Labute approximate surface area is 229 Å². The van der Waals surface area contributed by atoms with Crippen LogP contribution in [0.25, 0.3) is 10.8 Å². The quantitative estimate of drug-likeness (QED) is 0.222. The van der Waals surface area contributed by atoms with Crippen LogP contribution >= 0.6 is 27.5 Å². The van der Waals surface area contributed by atoms with Crippen LogP contribution in [-0.4, -0.2) is 11.8 Å². The highest BCUT2D eigenvalue weighted by Gasteiger charge is 2.24. The second-order valence-electron chi connectivity index (χ2n) is 9.13. The number of nitrogens with zero attached hydrogens (tertiary/aromatic N) is 1. The molecule has 0 saturated carbocycles. The van der Waals surface area contributed by atoms with Gasteiger partial charge in [0.2, 0.25) is 0 Å². The minimum atomic E-state index is -0.292. The minimum absolute atomic E-state index is 0.250. The van der Waals surface area contributed by atoms with Gasteiger partial charge in [-0.15, -0.1) is 0 Å². The van der Waals surface area contributed by atoms with Crippen molar-refractivity contribution in [1.82, 2.24) is 0 Å². The molecule has 0 fully saturated rings. The van der Waals surface area contributed by atoms with Gasteiger partial charge in [-0.3, -0.25) is 0 Å². The van der Waals surface area contributed by atoms with Crippen LogP contribution in [0.2, 0.25) is 5.02 Å². The van der Waals surface area contributed by atoms with Gasteiger partial charge in [-0.05, 0) is 92.9 Å². The SMILES string of the molecule is Oc1cc2ccccc2cc1C(Nc1ccccc1Br)c1ccc2c(c1)CN(c1ccc(Cl)cc1)CO2. The molecule has 0 amide bonds. The van der Waals surface area contributed by atoms with Crippen LogP contribution in [0.15, 0.2) is 108 Å². The molecule has 37 heavy (non-hydrogen) atoms. The van der Waals surface area contributed by atoms with E-state index in [1.165, 1.54) is 0 Å². The van der Waals surface area contributed by atoms with Gasteiger partial charge in [-0.1, -0.05) is 54.1 Å². The largest absolute Gasteiger partial charge is 0.508 e. The third kappa shape index (κ3) is 4.85. The first kappa shape index (κ1) is 23.7. The maximum absolute atomic E-state index is 11.1. The van der Waals surface area contributed by atoms with Crippen molar-refractivity contribution >= 4 is 49.7 Å². The Kier molecular flexibility index (Phi) is 6.41. The lowest BCUT2D eigenvalue weighted by atomic mass is 9.93. The molecule has 0 spiro atoms. The molecule has 5 aromatic rings. The predicted molar refractivity (Wildman–Crippen MR) is 155 cm³/mol. The normalized spacial score (nSPS) is 13.6. The van der Waals surface area contributed by atoms with E-state index in [1.54, 1.807) is 0 Å². The third-order valence-corrected chi connectivity index (χ3v) is 7.67. The van der Waals surface area contributed by atoms with E-state index in [9.17, 15) is 5.11 Å². The summed E-state index contributed by atoms with van der Waals surface area (Å²) in [5, 5.41) is 17.6. The molecule has 2 N–H and O–H groups in total. The van der Waals surface area contributed by atoms with Gasteiger partial charge in [-0.2, -0.15) is 0 Å². The van der Waals surface area contributed by atoms with Crippen molar-refractivity contribution in [3.05, 3.63) is 129 Å². The molecule has 6 heteroatoms. The van der Waals surface area contributed by atoms with Crippen molar-refractivity contribution in [2.45, 2.75) is 12.6 Å². The Hall–Kier alpha value is -3.67. The summed E-state index contributed by atoms with van der Waals surface area (Å²) in [5.41, 5.74) is 4.91. The van der Waals surface area contributed by atoms with Crippen molar-refractivity contribution in [2.24, 2.45) is 0 Å². The Morgan fingerprint density at radius 1 is 0.865 bits per heavy atom. The van der Waals surface area contributed by atoms with Gasteiger partial charge in [0.25, 0.3) is 0 Å². The molecule has 0 radical (unpaired) electrons. The summed E-state index contributed by atoms with van der Waals surface area (Å²) in [4.78, 5) is 2.17. The van der Waals surface area contributed by atoms with Crippen LogP contribution in [0.4, 0.5) is 11.4 Å². The summed E-state index contributed by atoms with van der Waals surface area (Å²) in [7, 11) is 0. The number of rotatable bonds is 5. The van der Waals surface area contributed by atoms with Gasteiger partial charge < -0.3 is 20.1 Å². The van der Waals surface area contributed by atoms with Crippen molar-refractivity contribution in [3.63, 3.8) is 0 Å². The zero-order valence-corrected chi connectivity index (χ0v) is 22.2. The van der Waals surface area contributed by atoms with E-state index in [1.807, 2.05) is 78.9 Å². The first-order chi connectivity index (χ1) is 18.0. The molecular formula is C31H24BrClN2O2. The summed E-state index contributed by atoms with van der Waals surface area (Å²) in [6.45, 7) is 1.17. The average molecular weight is 572 g/mol. The van der Waals surface area contributed by atoms with Crippen molar-refractivity contribution in [3.8, 4) is 11.5 Å². The minimum Gasteiger partial charge on any atom is -0.508 e. The number of halogens is 2. The number of benzene rings is 5. The average Bonchev–Trinajstić information content (AvgIpc) is 2.92. The van der Waals surface area contributed by atoms with E-state index in [0.717, 1.165) is 49.1 Å². The number of phenolic OH excluding ortho intramolecular Hbond substituents is 1. The van der Waals surface area contributed by atoms with Crippen LogP contribution in [-0.2, 0) is 6.54 Å². The van der Waals surface area contributed by atoms with Gasteiger partial charge in [-0.25, -0.2) is 0 Å². The van der Waals surface area contributed by atoms with Crippen LogP contribution in [0, 0.1) is 0 Å². The highest BCUT2D eigenvalue weighted by molar-refractivity contribution is 9.10. The molecule has 1 atom stereocenters. The molecule has 5 aromatic carbocycles. The lowest BCUT2D eigenvalue weighted by molar-refractivity contribution is 0.289. The fourth-order valence-corrected chi connectivity index (χ4v) is 5.34. The monoisotopic (exact) mass is 570 g/mol. The summed E-state index contributed by atoms with van der Waals surface area (Å²) in [5.74, 6) is 1.12. The molecule has 0 saturated heterocycles. The molecule has 0 bridgehead atoms. The smallest absolute Gasteiger partial charge is 0.161 e. The van der Waals surface area contributed by atoms with E-state index in [2.05, 4.69) is 50.4 Å². The number of ether oxygens (including phenoxy) is 1. The molecule has 1 aliphatic rings. The Morgan fingerprint density at radius 3 is 2.38 bits per heavy atom. The van der Waals surface area contributed by atoms with E-state index < -0.39 is 0 Å². The number of nitrogens with one attached hydrogen (secondary N) is 1. The molecule has 1 aliphatic heterocycles. The van der Waals surface area contributed by atoms with Gasteiger partial charge in [0.05, 0.1) is 6.04 Å². The van der Waals surface area contributed by atoms with Crippen molar-refractivity contribution in [1.29, 1.82) is 0 Å². The number of fused-ring (bicyclic) bond motifs is 2.